The molecular formula is C20H22F2O7. The summed E-state index contributed by atoms with van der Waals surface area (Å²) in [6.45, 7) is 1.48. The molecule has 0 amide bonds. The molecule has 0 spiro atoms. The van der Waals surface area contributed by atoms with Crippen LogP contribution in [0.3, 0.4) is 0 Å². The van der Waals surface area contributed by atoms with Gasteiger partial charge in [-0.25, -0.2) is 4.79 Å². The number of halogens is 2. The molecule has 0 bridgehead atoms. The number of carbonyl (C=O) groups excluding carboxylic acids is 3. The number of cyclic esters (lactones) is 1. The molecule has 1 heterocycles. The summed E-state index contributed by atoms with van der Waals surface area (Å²) in [6, 6.07) is 0. The predicted octanol–water partition coefficient (Wildman–Crippen LogP) is 1.24. The van der Waals surface area contributed by atoms with Crippen molar-refractivity contribution < 1.29 is 42.9 Å². The molecule has 29 heavy (non-hydrogen) atoms. The van der Waals surface area contributed by atoms with Crippen molar-refractivity contribution in [3.8, 4) is 0 Å². The number of methoxy groups -OCH3 is 1. The number of carbonyl (C=O) groups is 3. The first-order valence-corrected chi connectivity index (χ1v) is 9.28. The van der Waals surface area contributed by atoms with Gasteiger partial charge >= 0.3 is 11.9 Å². The van der Waals surface area contributed by atoms with E-state index in [2.05, 4.69) is 4.74 Å². The summed E-state index contributed by atoms with van der Waals surface area (Å²) < 4.78 is 39.9. The lowest BCUT2D eigenvalue weighted by Gasteiger charge is -2.28. The Hall–Kier alpha value is -2.39. The number of fused-ring (bicyclic) bond motifs is 2. The van der Waals surface area contributed by atoms with Gasteiger partial charge in [0.25, 0.3) is 0 Å². The number of ether oxygens (including phenoxy) is 2. The minimum Gasteiger partial charge on any atom is -0.494 e. The molecule has 0 radical (unpaired) electrons. The van der Waals surface area contributed by atoms with E-state index in [4.69, 9.17) is 4.74 Å². The van der Waals surface area contributed by atoms with Crippen molar-refractivity contribution >= 4 is 17.5 Å². The number of aliphatic hydroxyl groups excluding tert-OH is 2. The molecule has 3 rings (SSSR count). The number of allylic oxidation sites excluding steroid dienone is 2. The maximum Gasteiger partial charge on any atom is 0.342 e. The summed E-state index contributed by atoms with van der Waals surface area (Å²) in [5.74, 6) is -8.81. The van der Waals surface area contributed by atoms with Crippen molar-refractivity contribution in [2.45, 2.75) is 50.4 Å². The van der Waals surface area contributed by atoms with Gasteiger partial charge in [-0.2, -0.15) is 8.78 Å². The van der Waals surface area contributed by atoms with Crippen LogP contribution in [0.5, 0.6) is 0 Å². The van der Waals surface area contributed by atoms with Crippen LogP contribution in [-0.4, -0.2) is 59.1 Å². The van der Waals surface area contributed by atoms with Crippen molar-refractivity contribution in [2.24, 2.45) is 11.8 Å². The van der Waals surface area contributed by atoms with Crippen LogP contribution in [0.2, 0.25) is 0 Å². The molecule has 0 aromatic carbocycles. The highest BCUT2D eigenvalue weighted by atomic mass is 19.3. The predicted molar refractivity (Wildman–Crippen MR) is 94.6 cm³/mol. The molecule has 2 N–H and O–H groups in total. The summed E-state index contributed by atoms with van der Waals surface area (Å²) in [7, 11) is 1.00. The van der Waals surface area contributed by atoms with E-state index in [0.717, 1.165) is 13.2 Å². The smallest absolute Gasteiger partial charge is 0.342 e. The minimum absolute atomic E-state index is 0.0543. The molecule has 0 aromatic heterocycles. The van der Waals surface area contributed by atoms with E-state index in [1.54, 1.807) is 0 Å². The van der Waals surface area contributed by atoms with Crippen molar-refractivity contribution in [1.82, 2.24) is 0 Å². The van der Waals surface area contributed by atoms with E-state index in [1.807, 2.05) is 0 Å². The molecule has 9 heteroatoms. The Balaban J connectivity index is 2.03. The zero-order chi connectivity index (χ0) is 21.5. The number of hydrogen-bond acceptors (Lipinski definition) is 7. The maximum atomic E-state index is 15.0. The highest BCUT2D eigenvalue weighted by Crippen LogP contribution is 2.55. The van der Waals surface area contributed by atoms with Crippen LogP contribution in [0.1, 0.15) is 26.2 Å². The summed E-state index contributed by atoms with van der Waals surface area (Å²) in [5.41, 5.74) is -1.41. The maximum absolute atomic E-state index is 15.0. The first-order valence-electron chi connectivity index (χ1n) is 9.28. The third-order valence-electron chi connectivity index (χ3n) is 5.40. The summed E-state index contributed by atoms with van der Waals surface area (Å²) >= 11 is 0. The highest BCUT2D eigenvalue weighted by Gasteiger charge is 2.57. The molecule has 1 aliphatic heterocycles. The lowest BCUT2D eigenvalue weighted by Crippen LogP contribution is -2.37. The second-order valence-electron chi connectivity index (χ2n) is 7.55. The van der Waals surface area contributed by atoms with E-state index < -0.39 is 70.5 Å². The molecule has 158 valence electrons. The van der Waals surface area contributed by atoms with E-state index >= 15 is 8.78 Å². The van der Waals surface area contributed by atoms with E-state index in [0.29, 0.717) is 6.08 Å². The van der Waals surface area contributed by atoms with Crippen LogP contribution in [0, 0.1) is 11.8 Å². The molecule has 2 aliphatic carbocycles. The zero-order valence-corrected chi connectivity index (χ0v) is 15.9. The quantitative estimate of drug-likeness (QED) is 0.493. The monoisotopic (exact) mass is 412 g/mol. The van der Waals surface area contributed by atoms with E-state index in [9.17, 15) is 24.6 Å². The van der Waals surface area contributed by atoms with Gasteiger partial charge in [0.15, 0.2) is 17.3 Å². The number of rotatable bonds is 1. The van der Waals surface area contributed by atoms with Gasteiger partial charge in [0, 0.05) is 18.1 Å². The lowest BCUT2D eigenvalue weighted by atomic mass is 9.86. The molecule has 0 aromatic rings. The zero-order valence-electron chi connectivity index (χ0n) is 15.9. The van der Waals surface area contributed by atoms with Gasteiger partial charge in [-0.1, -0.05) is 6.08 Å². The topological polar surface area (TPSA) is 110 Å². The summed E-state index contributed by atoms with van der Waals surface area (Å²) in [5, 5.41) is 20.1. The minimum atomic E-state index is -3.70. The molecular weight excluding hydrogens is 390 g/mol. The number of ketones is 2. The fraction of sp³-hybridized carbons (Fsp3) is 0.550. The van der Waals surface area contributed by atoms with Crippen LogP contribution in [0.15, 0.2) is 35.1 Å². The van der Waals surface area contributed by atoms with Gasteiger partial charge in [-0.3, -0.25) is 9.59 Å². The average molecular weight is 412 g/mol. The third kappa shape index (κ3) is 4.02. The summed E-state index contributed by atoms with van der Waals surface area (Å²) in [6.07, 6.45) is -0.868. The van der Waals surface area contributed by atoms with Crippen molar-refractivity contribution in [1.29, 1.82) is 0 Å². The Morgan fingerprint density at radius 3 is 2.55 bits per heavy atom. The Morgan fingerprint density at radius 1 is 1.21 bits per heavy atom. The largest absolute Gasteiger partial charge is 0.494 e. The van der Waals surface area contributed by atoms with E-state index in [1.165, 1.54) is 13.0 Å². The lowest BCUT2D eigenvalue weighted by molar-refractivity contribution is -0.144. The molecule has 0 saturated heterocycles. The first kappa shape index (κ1) is 21.3. The molecule has 5 atom stereocenters. The Kier molecular flexibility index (Phi) is 5.73. The van der Waals surface area contributed by atoms with Gasteiger partial charge in [0.2, 0.25) is 0 Å². The fourth-order valence-corrected chi connectivity index (χ4v) is 3.77. The highest BCUT2D eigenvalue weighted by molar-refractivity contribution is 6.23. The average Bonchev–Trinajstić information content (AvgIpc) is 3.39. The number of aliphatic hydroxyl groups is 2. The van der Waals surface area contributed by atoms with Crippen LogP contribution in [0.25, 0.3) is 0 Å². The molecule has 7 nitrogen and oxygen atoms in total. The number of esters is 1. The van der Waals surface area contributed by atoms with Crippen molar-refractivity contribution in [2.75, 3.05) is 7.11 Å². The molecule has 3 aliphatic rings. The van der Waals surface area contributed by atoms with Gasteiger partial charge < -0.3 is 19.7 Å². The SMILES string of the molecule is COC1=CC(=O)C2=C([C@H]3C[C@@H]3C[C@H](O)[C@H](O)C(=O)/C=C\C[C@H](C)OC2=O)C1(F)F. The van der Waals surface area contributed by atoms with Gasteiger partial charge in [-0.05, 0) is 37.7 Å². The normalized spacial score (nSPS) is 36.3. The van der Waals surface area contributed by atoms with Crippen LogP contribution in [0.4, 0.5) is 8.78 Å². The first-order chi connectivity index (χ1) is 13.6. The van der Waals surface area contributed by atoms with Crippen LogP contribution in [-0.2, 0) is 23.9 Å². The Labute approximate surface area is 165 Å². The van der Waals surface area contributed by atoms with Crippen molar-refractivity contribution in [3.63, 3.8) is 0 Å². The second kappa shape index (κ2) is 7.79. The Bertz CT molecular complexity index is 827. The molecule has 1 fully saturated rings. The van der Waals surface area contributed by atoms with Crippen molar-refractivity contribution in [3.05, 3.63) is 35.1 Å². The van der Waals surface area contributed by atoms with E-state index in [-0.39, 0.29) is 19.3 Å². The third-order valence-corrected chi connectivity index (χ3v) is 5.40. The number of hydrogen-bond donors (Lipinski definition) is 2. The Morgan fingerprint density at radius 2 is 1.90 bits per heavy atom. The summed E-state index contributed by atoms with van der Waals surface area (Å²) in [4.78, 5) is 37.0. The fourth-order valence-electron chi connectivity index (χ4n) is 3.77. The van der Waals surface area contributed by atoms with Gasteiger partial charge in [-0.15, -0.1) is 0 Å². The molecule has 1 saturated carbocycles. The molecule has 0 unspecified atom stereocenters. The second-order valence-corrected chi connectivity index (χ2v) is 7.55. The van der Waals surface area contributed by atoms with Gasteiger partial charge in [0.05, 0.1) is 13.2 Å². The standard InChI is InChI=1S/C20H22F2O7/c1-9-4-3-5-12(23)18(26)14(25)7-10-6-11(10)17-16(19(27)29-9)13(24)8-15(28-2)20(17,21)22/h3,5,8-11,14,18,25-26H,4,6-7H2,1-2H3/b5-3-/t9-,10+,11-,14-,18+/m0/s1. The van der Waals surface area contributed by atoms with Gasteiger partial charge in [0.1, 0.15) is 17.8 Å². The van der Waals surface area contributed by atoms with Crippen LogP contribution < -0.4 is 0 Å². The number of alkyl halides is 2. The van der Waals surface area contributed by atoms with Crippen LogP contribution >= 0.6 is 0 Å².